The number of carbonyl (C=O) groups excluding carboxylic acids is 1. The lowest BCUT2D eigenvalue weighted by atomic mass is 9.82. The number of hydrogen-bond acceptors (Lipinski definition) is 2. The second-order valence-corrected chi connectivity index (χ2v) is 6.35. The number of halogens is 1. The fourth-order valence-corrected chi connectivity index (χ4v) is 3.69. The number of rotatable bonds is 4. The quantitative estimate of drug-likeness (QED) is 0.835. The van der Waals surface area contributed by atoms with E-state index in [2.05, 4.69) is 12.2 Å². The molecule has 1 amide bonds. The molecule has 19 heavy (non-hydrogen) atoms. The van der Waals surface area contributed by atoms with Crippen molar-refractivity contribution in [2.75, 3.05) is 6.54 Å². The highest BCUT2D eigenvalue weighted by Gasteiger charge is 2.40. The van der Waals surface area contributed by atoms with Crippen LogP contribution in [0.5, 0.6) is 0 Å². The Morgan fingerprint density at radius 1 is 1.21 bits per heavy atom. The molecule has 0 radical (unpaired) electrons. The van der Waals surface area contributed by atoms with Crippen molar-refractivity contribution in [2.24, 2.45) is 17.1 Å². The van der Waals surface area contributed by atoms with E-state index in [1.54, 1.807) is 0 Å². The van der Waals surface area contributed by atoms with Crippen LogP contribution < -0.4 is 11.1 Å². The Labute approximate surface area is 123 Å². The molecular weight excluding hydrogens is 260 g/mol. The first-order valence-corrected chi connectivity index (χ1v) is 7.69. The van der Waals surface area contributed by atoms with Crippen molar-refractivity contribution >= 4 is 18.3 Å². The highest BCUT2D eigenvalue weighted by atomic mass is 35.5. The van der Waals surface area contributed by atoms with Crippen LogP contribution in [-0.2, 0) is 4.79 Å². The molecule has 2 rings (SSSR count). The van der Waals surface area contributed by atoms with Crippen molar-refractivity contribution < 1.29 is 4.79 Å². The van der Waals surface area contributed by atoms with Crippen LogP contribution in [0.3, 0.4) is 0 Å². The molecule has 4 heteroatoms. The van der Waals surface area contributed by atoms with E-state index in [0.29, 0.717) is 18.5 Å². The normalized spacial score (nSPS) is 24.5. The van der Waals surface area contributed by atoms with Gasteiger partial charge in [-0.3, -0.25) is 4.79 Å². The van der Waals surface area contributed by atoms with Gasteiger partial charge < -0.3 is 11.1 Å². The first-order valence-electron chi connectivity index (χ1n) is 7.69. The molecule has 3 N–H and O–H groups in total. The Balaban J connectivity index is 0.00000180. The standard InChI is InChI=1S/C15H28N2O.ClH/c1-12(13-7-3-2-4-8-13)17-14(18)15(11-16)9-5-6-10-15;/h12-13H,2-11,16H2,1H3,(H,17,18);1H. The van der Waals surface area contributed by atoms with Gasteiger partial charge in [0.25, 0.3) is 0 Å². The van der Waals surface area contributed by atoms with Crippen molar-refractivity contribution in [3.63, 3.8) is 0 Å². The summed E-state index contributed by atoms with van der Waals surface area (Å²) in [5.74, 6) is 0.902. The lowest BCUT2D eigenvalue weighted by molar-refractivity contribution is -0.131. The van der Waals surface area contributed by atoms with Crippen molar-refractivity contribution in [3.05, 3.63) is 0 Å². The fourth-order valence-electron chi connectivity index (χ4n) is 3.69. The van der Waals surface area contributed by atoms with Crippen molar-refractivity contribution in [2.45, 2.75) is 70.8 Å². The zero-order valence-corrected chi connectivity index (χ0v) is 12.9. The summed E-state index contributed by atoms with van der Waals surface area (Å²) < 4.78 is 0. The Kier molecular flexibility index (Phi) is 6.61. The minimum atomic E-state index is -0.247. The van der Waals surface area contributed by atoms with Crippen molar-refractivity contribution in [1.82, 2.24) is 5.32 Å². The average Bonchev–Trinajstić information content (AvgIpc) is 2.89. The summed E-state index contributed by atoms with van der Waals surface area (Å²) in [5.41, 5.74) is 5.62. The van der Waals surface area contributed by atoms with Gasteiger partial charge in [-0.05, 0) is 38.5 Å². The van der Waals surface area contributed by atoms with Crippen LogP contribution in [0.15, 0.2) is 0 Å². The maximum absolute atomic E-state index is 12.5. The highest BCUT2D eigenvalue weighted by molar-refractivity contribution is 5.85. The maximum atomic E-state index is 12.5. The van der Waals surface area contributed by atoms with Gasteiger partial charge in [0, 0.05) is 12.6 Å². The van der Waals surface area contributed by atoms with Crippen LogP contribution in [0.2, 0.25) is 0 Å². The monoisotopic (exact) mass is 288 g/mol. The third kappa shape index (κ3) is 3.85. The third-order valence-corrected chi connectivity index (χ3v) is 5.15. The van der Waals surface area contributed by atoms with Crippen LogP contribution >= 0.6 is 12.4 Å². The first-order chi connectivity index (χ1) is 8.68. The topological polar surface area (TPSA) is 55.1 Å². The zero-order valence-electron chi connectivity index (χ0n) is 12.1. The van der Waals surface area contributed by atoms with E-state index in [0.717, 1.165) is 25.7 Å². The minimum Gasteiger partial charge on any atom is -0.353 e. The summed E-state index contributed by atoms with van der Waals surface area (Å²) in [7, 11) is 0. The summed E-state index contributed by atoms with van der Waals surface area (Å²) in [5, 5.41) is 3.26. The van der Waals surface area contributed by atoms with E-state index in [4.69, 9.17) is 5.73 Å². The Hall–Kier alpha value is -0.280. The van der Waals surface area contributed by atoms with Gasteiger partial charge in [0.1, 0.15) is 0 Å². The molecule has 0 bridgehead atoms. The number of amides is 1. The molecule has 1 unspecified atom stereocenters. The first kappa shape index (κ1) is 16.8. The van der Waals surface area contributed by atoms with Gasteiger partial charge in [-0.15, -0.1) is 12.4 Å². The van der Waals surface area contributed by atoms with Crippen LogP contribution in [0.1, 0.15) is 64.7 Å². The molecule has 0 spiro atoms. The molecule has 0 aromatic carbocycles. The van der Waals surface area contributed by atoms with Crippen LogP contribution in [-0.4, -0.2) is 18.5 Å². The lowest BCUT2D eigenvalue weighted by Crippen LogP contribution is -2.49. The Morgan fingerprint density at radius 3 is 2.32 bits per heavy atom. The highest BCUT2D eigenvalue weighted by Crippen LogP contribution is 2.37. The molecule has 2 fully saturated rings. The molecule has 2 aliphatic rings. The van der Waals surface area contributed by atoms with Gasteiger partial charge in [0.15, 0.2) is 0 Å². The molecule has 112 valence electrons. The Bertz CT molecular complexity index is 284. The van der Waals surface area contributed by atoms with Gasteiger partial charge in [-0.1, -0.05) is 32.1 Å². The van der Waals surface area contributed by atoms with Crippen LogP contribution in [0, 0.1) is 11.3 Å². The smallest absolute Gasteiger partial charge is 0.227 e. The number of nitrogens with two attached hydrogens (primary N) is 1. The molecule has 2 saturated carbocycles. The largest absolute Gasteiger partial charge is 0.353 e. The molecule has 0 aromatic rings. The van der Waals surface area contributed by atoms with Gasteiger partial charge >= 0.3 is 0 Å². The van der Waals surface area contributed by atoms with E-state index in [9.17, 15) is 4.79 Å². The lowest BCUT2D eigenvalue weighted by Gasteiger charge is -2.32. The molecule has 0 aliphatic heterocycles. The van der Waals surface area contributed by atoms with E-state index >= 15 is 0 Å². The second-order valence-electron chi connectivity index (χ2n) is 6.35. The van der Waals surface area contributed by atoms with Crippen LogP contribution in [0.25, 0.3) is 0 Å². The molecule has 0 aromatic heterocycles. The number of hydrogen-bond donors (Lipinski definition) is 2. The number of nitrogens with one attached hydrogen (secondary N) is 1. The van der Waals surface area contributed by atoms with Gasteiger partial charge in [-0.25, -0.2) is 0 Å². The van der Waals surface area contributed by atoms with Gasteiger partial charge in [0.05, 0.1) is 5.41 Å². The second kappa shape index (κ2) is 7.49. The zero-order chi connectivity index (χ0) is 13.0. The third-order valence-electron chi connectivity index (χ3n) is 5.15. The fraction of sp³-hybridized carbons (Fsp3) is 0.933. The Morgan fingerprint density at radius 2 is 1.79 bits per heavy atom. The predicted molar refractivity (Wildman–Crippen MR) is 81.4 cm³/mol. The number of carbonyl (C=O) groups is 1. The summed E-state index contributed by atoms with van der Waals surface area (Å²) in [6.07, 6.45) is 10.8. The average molecular weight is 289 g/mol. The molecule has 2 aliphatic carbocycles. The molecule has 0 heterocycles. The van der Waals surface area contributed by atoms with E-state index < -0.39 is 0 Å². The summed E-state index contributed by atoms with van der Waals surface area (Å²) in [4.78, 5) is 12.5. The predicted octanol–water partition coefficient (Wildman–Crippen LogP) is 3.01. The molecule has 0 saturated heterocycles. The van der Waals surface area contributed by atoms with E-state index in [1.165, 1.54) is 32.1 Å². The van der Waals surface area contributed by atoms with E-state index in [-0.39, 0.29) is 23.7 Å². The molecule has 1 atom stereocenters. The minimum absolute atomic E-state index is 0. The summed E-state index contributed by atoms with van der Waals surface area (Å²) in [6.45, 7) is 2.68. The maximum Gasteiger partial charge on any atom is 0.227 e. The van der Waals surface area contributed by atoms with Crippen molar-refractivity contribution in [3.8, 4) is 0 Å². The summed E-state index contributed by atoms with van der Waals surface area (Å²) >= 11 is 0. The van der Waals surface area contributed by atoms with Crippen molar-refractivity contribution in [1.29, 1.82) is 0 Å². The van der Waals surface area contributed by atoms with E-state index in [1.807, 2.05) is 0 Å². The molecule has 3 nitrogen and oxygen atoms in total. The molecular formula is C15H29ClN2O. The van der Waals surface area contributed by atoms with Crippen LogP contribution in [0.4, 0.5) is 0 Å². The SMILES string of the molecule is CC(NC(=O)C1(CN)CCCC1)C1CCCCC1.Cl. The van der Waals surface area contributed by atoms with Gasteiger partial charge in [0.2, 0.25) is 5.91 Å². The van der Waals surface area contributed by atoms with Gasteiger partial charge in [-0.2, -0.15) is 0 Å². The summed E-state index contributed by atoms with van der Waals surface area (Å²) in [6, 6.07) is 0.321.